The van der Waals surface area contributed by atoms with Gasteiger partial charge in [0, 0.05) is 16.4 Å². The van der Waals surface area contributed by atoms with Crippen molar-refractivity contribution < 1.29 is 4.74 Å². The molecule has 76 valence electrons. The van der Waals surface area contributed by atoms with Gasteiger partial charge in [-0.3, -0.25) is 0 Å². The van der Waals surface area contributed by atoms with E-state index >= 15 is 0 Å². The molecule has 0 spiro atoms. The molecule has 1 aromatic rings. The summed E-state index contributed by atoms with van der Waals surface area (Å²) in [4.78, 5) is 1.36. The van der Waals surface area contributed by atoms with Crippen molar-refractivity contribution in [2.45, 2.75) is 23.4 Å². The first kappa shape index (κ1) is 10.4. The van der Waals surface area contributed by atoms with E-state index in [1.54, 1.807) is 0 Å². The maximum Gasteiger partial charge on any atom is 0.129 e. The molecular weight excluding hydrogens is 212 g/mol. The van der Waals surface area contributed by atoms with E-state index in [-0.39, 0.29) is 0 Å². The number of hydrogen-bond acceptors (Lipinski definition) is 3. The van der Waals surface area contributed by atoms with Crippen LogP contribution in [0.4, 0.5) is 0 Å². The first-order valence-corrected chi connectivity index (χ1v) is 6.84. The zero-order chi connectivity index (χ0) is 9.80. The summed E-state index contributed by atoms with van der Waals surface area (Å²) in [6.45, 7) is 2.13. The van der Waals surface area contributed by atoms with Gasteiger partial charge in [0.05, 0.1) is 6.10 Å². The van der Waals surface area contributed by atoms with Gasteiger partial charge in [0.1, 0.15) is 5.44 Å². The zero-order valence-electron chi connectivity index (χ0n) is 8.18. The minimum Gasteiger partial charge on any atom is -0.358 e. The van der Waals surface area contributed by atoms with Crippen LogP contribution in [0.2, 0.25) is 0 Å². The first-order valence-electron chi connectivity index (χ1n) is 4.81. The quantitative estimate of drug-likeness (QED) is 0.434. The van der Waals surface area contributed by atoms with Crippen molar-refractivity contribution in [2.24, 2.45) is 0 Å². The van der Waals surface area contributed by atoms with Crippen molar-refractivity contribution in [3.63, 3.8) is 0 Å². The predicted octanol–water partition coefficient (Wildman–Crippen LogP) is 3.26. The van der Waals surface area contributed by atoms with Crippen LogP contribution < -0.4 is 0 Å². The summed E-state index contributed by atoms with van der Waals surface area (Å²) in [6, 6.07) is 10.5. The van der Waals surface area contributed by atoms with Crippen LogP contribution in [0.25, 0.3) is 0 Å². The molecule has 3 heteroatoms. The maximum atomic E-state index is 5.32. The summed E-state index contributed by atoms with van der Waals surface area (Å²) in [6.07, 6.45) is 0.488. The molecule has 0 amide bonds. The van der Waals surface area contributed by atoms with E-state index in [0.717, 1.165) is 0 Å². The molecule has 1 nitrogen and oxygen atoms in total. The topological polar surface area (TPSA) is 12.5 Å². The highest BCUT2D eigenvalue weighted by Gasteiger charge is 2.33. The predicted molar refractivity (Wildman–Crippen MR) is 64.0 cm³/mol. The van der Waals surface area contributed by atoms with E-state index in [2.05, 4.69) is 37.3 Å². The molecule has 1 heterocycles. The average Bonchev–Trinajstić information content (AvgIpc) is 2.91. The number of benzene rings is 1. The number of rotatable bonds is 5. The van der Waals surface area contributed by atoms with Gasteiger partial charge in [-0.15, -0.1) is 23.5 Å². The Morgan fingerprint density at radius 1 is 1.21 bits per heavy atom. The van der Waals surface area contributed by atoms with Crippen LogP contribution in [0, 0.1) is 0 Å². The van der Waals surface area contributed by atoms with Gasteiger partial charge < -0.3 is 4.74 Å². The standard InChI is InChI=1S/C11H14OS2/c1-9-11(12-9)14-8-7-13-10-5-3-2-4-6-10/h2-6,9,11H,7-8H2,1H3. The Labute approximate surface area is 93.6 Å². The first-order chi connectivity index (χ1) is 6.86. The number of thioether (sulfide) groups is 2. The molecule has 0 bridgehead atoms. The summed E-state index contributed by atoms with van der Waals surface area (Å²) >= 11 is 3.84. The second-order valence-electron chi connectivity index (χ2n) is 3.24. The minimum absolute atomic E-state index is 0.478. The van der Waals surface area contributed by atoms with Gasteiger partial charge in [-0.1, -0.05) is 18.2 Å². The van der Waals surface area contributed by atoms with Crippen molar-refractivity contribution in [3.05, 3.63) is 30.3 Å². The van der Waals surface area contributed by atoms with Crippen molar-refractivity contribution in [2.75, 3.05) is 11.5 Å². The highest BCUT2D eigenvalue weighted by Crippen LogP contribution is 2.33. The molecule has 0 aromatic heterocycles. The molecule has 2 unspecified atom stereocenters. The molecule has 1 fully saturated rings. The fraction of sp³-hybridized carbons (Fsp3) is 0.455. The Morgan fingerprint density at radius 3 is 2.57 bits per heavy atom. The summed E-state index contributed by atoms with van der Waals surface area (Å²) < 4.78 is 5.32. The van der Waals surface area contributed by atoms with Gasteiger partial charge in [0.15, 0.2) is 0 Å². The third kappa shape index (κ3) is 3.23. The molecule has 0 N–H and O–H groups in total. The molecule has 1 aliphatic heterocycles. The lowest BCUT2D eigenvalue weighted by atomic mass is 10.4. The van der Waals surface area contributed by atoms with Gasteiger partial charge in [0.2, 0.25) is 0 Å². The van der Waals surface area contributed by atoms with Gasteiger partial charge in [-0.05, 0) is 19.1 Å². The van der Waals surface area contributed by atoms with E-state index in [0.29, 0.717) is 11.5 Å². The van der Waals surface area contributed by atoms with Crippen LogP contribution in [0.3, 0.4) is 0 Å². The summed E-state index contributed by atoms with van der Waals surface area (Å²) in [5.74, 6) is 2.34. The fourth-order valence-electron chi connectivity index (χ4n) is 1.18. The molecule has 14 heavy (non-hydrogen) atoms. The largest absolute Gasteiger partial charge is 0.358 e. The lowest BCUT2D eigenvalue weighted by Crippen LogP contribution is -1.88. The lowest BCUT2D eigenvalue weighted by Gasteiger charge is -1.99. The molecule has 2 rings (SSSR count). The Kier molecular flexibility index (Phi) is 3.79. The van der Waals surface area contributed by atoms with Crippen LogP contribution >= 0.6 is 23.5 Å². The van der Waals surface area contributed by atoms with Crippen LogP contribution in [0.5, 0.6) is 0 Å². The van der Waals surface area contributed by atoms with E-state index in [9.17, 15) is 0 Å². The maximum absolute atomic E-state index is 5.32. The van der Waals surface area contributed by atoms with E-state index in [4.69, 9.17) is 4.74 Å². The van der Waals surface area contributed by atoms with E-state index in [1.165, 1.54) is 16.4 Å². The van der Waals surface area contributed by atoms with Crippen LogP contribution in [0.1, 0.15) is 6.92 Å². The molecule has 1 saturated heterocycles. The highest BCUT2D eigenvalue weighted by atomic mass is 32.2. The molecule has 2 atom stereocenters. The summed E-state index contributed by atoms with van der Waals surface area (Å²) in [5.41, 5.74) is 0.478. The number of epoxide rings is 1. The van der Waals surface area contributed by atoms with Crippen molar-refractivity contribution in [1.82, 2.24) is 0 Å². The minimum atomic E-state index is 0.478. The van der Waals surface area contributed by atoms with Crippen LogP contribution in [0.15, 0.2) is 35.2 Å². The Hall–Kier alpha value is -0.120. The third-order valence-corrected chi connectivity index (χ3v) is 4.57. The Bertz CT molecular complexity index is 276. The van der Waals surface area contributed by atoms with Gasteiger partial charge in [-0.2, -0.15) is 0 Å². The number of hydrogen-bond donors (Lipinski definition) is 0. The summed E-state index contributed by atoms with van der Waals surface area (Å²) in [7, 11) is 0. The van der Waals surface area contributed by atoms with Gasteiger partial charge in [0.25, 0.3) is 0 Å². The van der Waals surface area contributed by atoms with Crippen LogP contribution in [-0.2, 0) is 4.74 Å². The lowest BCUT2D eigenvalue weighted by molar-refractivity contribution is 0.413. The van der Waals surface area contributed by atoms with Gasteiger partial charge in [-0.25, -0.2) is 0 Å². The second kappa shape index (κ2) is 5.10. The second-order valence-corrected chi connectivity index (χ2v) is 5.62. The molecule has 1 aliphatic rings. The van der Waals surface area contributed by atoms with Crippen LogP contribution in [-0.4, -0.2) is 23.0 Å². The molecule has 1 aromatic carbocycles. The normalized spacial score (nSPS) is 24.9. The highest BCUT2D eigenvalue weighted by molar-refractivity contribution is 8.03. The molecule has 0 aliphatic carbocycles. The monoisotopic (exact) mass is 226 g/mol. The van der Waals surface area contributed by atoms with Crippen molar-refractivity contribution in [3.8, 4) is 0 Å². The van der Waals surface area contributed by atoms with E-state index < -0.39 is 0 Å². The molecule has 0 saturated carbocycles. The number of ether oxygens (including phenoxy) is 1. The van der Waals surface area contributed by atoms with Gasteiger partial charge >= 0.3 is 0 Å². The molecule has 0 radical (unpaired) electrons. The smallest absolute Gasteiger partial charge is 0.129 e. The molecular formula is C11H14OS2. The average molecular weight is 226 g/mol. The van der Waals surface area contributed by atoms with Crippen molar-refractivity contribution in [1.29, 1.82) is 0 Å². The van der Waals surface area contributed by atoms with E-state index in [1.807, 2.05) is 23.5 Å². The zero-order valence-corrected chi connectivity index (χ0v) is 9.81. The SMILES string of the molecule is CC1OC1SCCSc1ccccc1. The van der Waals surface area contributed by atoms with Crippen molar-refractivity contribution >= 4 is 23.5 Å². The fourth-order valence-corrected chi connectivity index (χ4v) is 3.24. The summed E-state index contributed by atoms with van der Waals surface area (Å²) in [5, 5.41) is 0. The Morgan fingerprint density at radius 2 is 1.93 bits per heavy atom. The Balaban J connectivity index is 1.59. The third-order valence-electron chi connectivity index (χ3n) is 2.03.